The molecule has 0 bridgehead atoms. The summed E-state index contributed by atoms with van der Waals surface area (Å²) in [5.74, 6) is -0.546. The highest BCUT2D eigenvalue weighted by molar-refractivity contribution is 5.94. The van der Waals surface area contributed by atoms with Gasteiger partial charge in [-0.05, 0) is 25.1 Å². The topological polar surface area (TPSA) is 62.6 Å². The summed E-state index contributed by atoms with van der Waals surface area (Å²) in [6.07, 6.45) is -4.57. The summed E-state index contributed by atoms with van der Waals surface area (Å²) in [6.45, 7) is 1.47. The van der Waals surface area contributed by atoms with Crippen molar-refractivity contribution in [2.45, 2.75) is 13.1 Å². The molecule has 2 rings (SSSR count). The fraction of sp³-hybridized carbons (Fsp3) is 0.333. The third-order valence-electron chi connectivity index (χ3n) is 3.31. The molecule has 24 heavy (non-hydrogen) atoms. The smallest absolute Gasteiger partial charge is 0.435 e. The molecule has 0 unspecified atom stereocenters. The van der Waals surface area contributed by atoms with E-state index in [1.54, 1.807) is 0 Å². The lowest BCUT2D eigenvalue weighted by Gasteiger charge is -2.16. The van der Waals surface area contributed by atoms with Crippen LogP contribution in [0.5, 0.6) is 11.5 Å². The number of halogens is 3. The van der Waals surface area contributed by atoms with Crippen molar-refractivity contribution in [1.29, 1.82) is 0 Å². The van der Waals surface area contributed by atoms with Crippen LogP contribution in [0.4, 0.5) is 13.2 Å². The SMILES string of the molecule is COC(=O)c1ccc(-n2nc(C(F)(F)F)cc2C)c(OC)c1OC. The molecule has 1 aromatic heterocycles. The Morgan fingerprint density at radius 2 is 1.75 bits per heavy atom. The quantitative estimate of drug-likeness (QED) is 0.798. The molecule has 0 aliphatic rings. The van der Waals surface area contributed by atoms with E-state index in [0.717, 1.165) is 10.7 Å². The second-order valence-electron chi connectivity index (χ2n) is 4.77. The predicted molar refractivity (Wildman–Crippen MR) is 77.7 cm³/mol. The summed E-state index contributed by atoms with van der Waals surface area (Å²) in [5.41, 5.74) is -0.497. The van der Waals surface area contributed by atoms with E-state index < -0.39 is 17.8 Å². The normalized spacial score (nSPS) is 11.3. The molecule has 0 saturated carbocycles. The number of carbonyl (C=O) groups is 1. The second-order valence-corrected chi connectivity index (χ2v) is 4.77. The Bertz CT molecular complexity index is 769. The van der Waals surface area contributed by atoms with Crippen molar-refractivity contribution in [3.63, 3.8) is 0 Å². The zero-order chi connectivity index (χ0) is 18.1. The van der Waals surface area contributed by atoms with Crippen LogP contribution in [0.3, 0.4) is 0 Å². The van der Waals surface area contributed by atoms with Crippen LogP contribution in [0, 0.1) is 6.92 Å². The minimum Gasteiger partial charge on any atom is -0.492 e. The molecule has 1 aromatic carbocycles. The van der Waals surface area contributed by atoms with Crippen molar-refractivity contribution in [2.75, 3.05) is 21.3 Å². The van der Waals surface area contributed by atoms with Crippen LogP contribution in [-0.2, 0) is 10.9 Å². The zero-order valence-electron chi connectivity index (χ0n) is 13.4. The monoisotopic (exact) mass is 344 g/mol. The lowest BCUT2D eigenvalue weighted by Crippen LogP contribution is -2.10. The number of hydrogen-bond acceptors (Lipinski definition) is 5. The van der Waals surface area contributed by atoms with E-state index in [0.29, 0.717) is 0 Å². The summed E-state index contributed by atoms with van der Waals surface area (Å²) in [7, 11) is 3.83. The van der Waals surface area contributed by atoms with Gasteiger partial charge in [-0.1, -0.05) is 0 Å². The number of aryl methyl sites for hydroxylation is 1. The molecule has 130 valence electrons. The number of alkyl halides is 3. The number of ether oxygens (including phenoxy) is 3. The van der Waals surface area contributed by atoms with Gasteiger partial charge in [-0.3, -0.25) is 0 Å². The Kier molecular flexibility index (Phi) is 4.72. The van der Waals surface area contributed by atoms with Gasteiger partial charge in [-0.15, -0.1) is 0 Å². The van der Waals surface area contributed by atoms with Gasteiger partial charge in [0.15, 0.2) is 17.2 Å². The van der Waals surface area contributed by atoms with Gasteiger partial charge in [-0.2, -0.15) is 18.3 Å². The molecule has 0 atom stereocenters. The third-order valence-corrected chi connectivity index (χ3v) is 3.31. The molecule has 0 fully saturated rings. The zero-order valence-corrected chi connectivity index (χ0v) is 13.4. The van der Waals surface area contributed by atoms with Crippen molar-refractivity contribution in [3.8, 4) is 17.2 Å². The van der Waals surface area contributed by atoms with E-state index >= 15 is 0 Å². The van der Waals surface area contributed by atoms with Gasteiger partial charge in [-0.25, -0.2) is 9.48 Å². The number of rotatable bonds is 4. The first-order valence-corrected chi connectivity index (χ1v) is 6.72. The Balaban J connectivity index is 2.68. The number of methoxy groups -OCH3 is 3. The molecule has 0 saturated heterocycles. The first kappa shape index (κ1) is 17.6. The Hall–Kier alpha value is -2.71. The number of nitrogens with zero attached hydrogens (tertiary/aromatic N) is 2. The van der Waals surface area contributed by atoms with Crippen LogP contribution in [-0.4, -0.2) is 37.1 Å². The molecule has 0 amide bonds. The average Bonchev–Trinajstić information content (AvgIpc) is 2.94. The van der Waals surface area contributed by atoms with Gasteiger partial charge in [0, 0.05) is 5.69 Å². The van der Waals surface area contributed by atoms with E-state index in [2.05, 4.69) is 9.84 Å². The molecule has 6 nitrogen and oxygen atoms in total. The minimum atomic E-state index is -4.57. The Morgan fingerprint density at radius 3 is 2.21 bits per heavy atom. The van der Waals surface area contributed by atoms with Crippen LogP contribution in [0.2, 0.25) is 0 Å². The van der Waals surface area contributed by atoms with Crippen LogP contribution >= 0.6 is 0 Å². The highest BCUT2D eigenvalue weighted by Gasteiger charge is 2.35. The summed E-state index contributed by atoms with van der Waals surface area (Å²) in [6, 6.07) is 3.70. The van der Waals surface area contributed by atoms with E-state index in [1.165, 1.54) is 40.4 Å². The summed E-state index contributed by atoms with van der Waals surface area (Å²) in [5, 5.41) is 3.57. The molecule has 1 heterocycles. The first-order chi connectivity index (χ1) is 11.2. The Morgan fingerprint density at radius 1 is 1.12 bits per heavy atom. The van der Waals surface area contributed by atoms with Gasteiger partial charge < -0.3 is 14.2 Å². The summed E-state index contributed by atoms with van der Waals surface area (Å²) in [4.78, 5) is 11.8. The number of aromatic nitrogens is 2. The number of benzene rings is 1. The lowest BCUT2D eigenvalue weighted by atomic mass is 10.1. The number of hydrogen-bond donors (Lipinski definition) is 0. The van der Waals surface area contributed by atoms with Gasteiger partial charge in [0.25, 0.3) is 0 Å². The largest absolute Gasteiger partial charge is 0.492 e. The maximum atomic E-state index is 12.8. The number of esters is 1. The van der Waals surface area contributed by atoms with Gasteiger partial charge in [0.2, 0.25) is 0 Å². The van der Waals surface area contributed by atoms with Crippen molar-refractivity contribution in [3.05, 3.63) is 35.2 Å². The predicted octanol–water partition coefficient (Wildman–Crippen LogP) is 3.00. The van der Waals surface area contributed by atoms with Crippen LogP contribution in [0.15, 0.2) is 18.2 Å². The molecular weight excluding hydrogens is 329 g/mol. The first-order valence-electron chi connectivity index (χ1n) is 6.72. The van der Waals surface area contributed by atoms with Crippen molar-refractivity contribution < 1.29 is 32.2 Å². The third kappa shape index (κ3) is 3.01. The fourth-order valence-electron chi connectivity index (χ4n) is 2.25. The molecule has 0 radical (unpaired) electrons. The van der Waals surface area contributed by atoms with E-state index in [1.807, 2.05) is 0 Å². The lowest BCUT2D eigenvalue weighted by molar-refractivity contribution is -0.141. The standard InChI is InChI=1S/C15H15F3N2O4/c1-8-7-11(15(16,17)18)19-20(8)10-6-5-9(14(21)24-4)12(22-2)13(10)23-3/h5-7H,1-4H3. The molecule has 0 spiro atoms. The highest BCUT2D eigenvalue weighted by Crippen LogP contribution is 2.38. The maximum Gasteiger partial charge on any atom is 0.435 e. The highest BCUT2D eigenvalue weighted by atomic mass is 19.4. The maximum absolute atomic E-state index is 12.8. The van der Waals surface area contributed by atoms with Crippen molar-refractivity contribution in [1.82, 2.24) is 9.78 Å². The van der Waals surface area contributed by atoms with Crippen LogP contribution in [0.25, 0.3) is 5.69 Å². The molecular formula is C15H15F3N2O4. The van der Waals surface area contributed by atoms with Gasteiger partial charge in [0.1, 0.15) is 11.3 Å². The van der Waals surface area contributed by atoms with Crippen LogP contribution < -0.4 is 9.47 Å². The summed E-state index contributed by atoms with van der Waals surface area (Å²) < 4.78 is 54.7. The second kappa shape index (κ2) is 6.42. The molecule has 0 aliphatic carbocycles. The molecule has 2 aromatic rings. The molecule has 0 N–H and O–H groups in total. The van der Waals surface area contributed by atoms with Crippen molar-refractivity contribution >= 4 is 5.97 Å². The Labute approximate surface area is 135 Å². The molecule has 0 aliphatic heterocycles. The van der Waals surface area contributed by atoms with E-state index in [-0.39, 0.29) is 28.4 Å². The average molecular weight is 344 g/mol. The van der Waals surface area contributed by atoms with Crippen molar-refractivity contribution in [2.24, 2.45) is 0 Å². The fourth-order valence-corrected chi connectivity index (χ4v) is 2.25. The summed E-state index contributed by atoms with van der Waals surface area (Å²) >= 11 is 0. The van der Waals surface area contributed by atoms with E-state index in [9.17, 15) is 18.0 Å². The minimum absolute atomic E-state index is 0.0466. The van der Waals surface area contributed by atoms with Crippen LogP contribution in [0.1, 0.15) is 21.7 Å². The van der Waals surface area contributed by atoms with Gasteiger partial charge in [0.05, 0.1) is 21.3 Å². The van der Waals surface area contributed by atoms with Gasteiger partial charge >= 0.3 is 12.1 Å². The van der Waals surface area contributed by atoms with E-state index in [4.69, 9.17) is 9.47 Å². The number of carbonyl (C=O) groups excluding carboxylic acids is 1. The molecule has 9 heteroatoms.